The molecule has 0 aliphatic rings. The first kappa shape index (κ1) is 12.0. The summed E-state index contributed by atoms with van der Waals surface area (Å²) in [6.45, 7) is 2.07. The Hall–Kier alpha value is -2.06. The van der Waals surface area contributed by atoms with E-state index in [0.29, 0.717) is 5.28 Å². The molecule has 0 aliphatic carbocycles. The molecule has 1 heterocycles. The Morgan fingerprint density at radius 1 is 0.895 bits per heavy atom. The van der Waals surface area contributed by atoms with Crippen molar-refractivity contribution in [2.75, 3.05) is 0 Å². The lowest BCUT2D eigenvalue weighted by Crippen LogP contribution is -1.84. The maximum atomic E-state index is 6.03. The molecule has 1 N–H and O–H groups in total. The van der Waals surface area contributed by atoms with E-state index >= 15 is 0 Å². The molecule has 0 bridgehead atoms. The van der Waals surface area contributed by atoms with Gasteiger partial charge < -0.3 is 4.98 Å². The molecule has 0 amide bonds. The van der Waals surface area contributed by atoms with Crippen molar-refractivity contribution < 1.29 is 0 Å². The van der Waals surface area contributed by atoms with Crippen LogP contribution in [0.5, 0.6) is 0 Å². The third kappa shape index (κ3) is 2.40. The first-order valence-corrected chi connectivity index (χ1v) is 6.50. The van der Waals surface area contributed by atoms with Gasteiger partial charge in [0.05, 0.1) is 11.4 Å². The molecule has 0 radical (unpaired) electrons. The van der Waals surface area contributed by atoms with E-state index in [0.717, 1.165) is 22.5 Å². The molecule has 0 spiro atoms. The smallest absolute Gasteiger partial charge is 0.201 e. The SMILES string of the molecule is Cc1ccc(-c2nc(Cl)[nH]c2-c2ccccc2)cc1. The largest absolute Gasteiger partial charge is 0.328 e. The van der Waals surface area contributed by atoms with Crippen LogP contribution < -0.4 is 0 Å². The first-order valence-electron chi connectivity index (χ1n) is 6.12. The fraction of sp³-hybridized carbons (Fsp3) is 0.0625. The van der Waals surface area contributed by atoms with Crippen LogP contribution >= 0.6 is 11.6 Å². The van der Waals surface area contributed by atoms with Gasteiger partial charge in [-0.05, 0) is 18.5 Å². The van der Waals surface area contributed by atoms with Gasteiger partial charge in [0.15, 0.2) is 0 Å². The molecule has 0 atom stereocenters. The Kier molecular flexibility index (Phi) is 3.10. The van der Waals surface area contributed by atoms with Crippen LogP contribution in [-0.2, 0) is 0 Å². The fourth-order valence-electron chi connectivity index (χ4n) is 2.08. The van der Waals surface area contributed by atoms with Gasteiger partial charge in [0.2, 0.25) is 5.28 Å². The van der Waals surface area contributed by atoms with Gasteiger partial charge in [-0.3, -0.25) is 0 Å². The summed E-state index contributed by atoms with van der Waals surface area (Å²) in [5, 5.41) is 0.412. The molecular weight excluding hydrogens is 256 g/mol. The predicted molar refractivity (Wildman–Crippen MR) is 79.2 cm³/mol. The van der Waals surface area contributed by atoms with E-state index in [1.54, 1.807) is 0 Å². The van der Waals surface area contributed by atoms with Crippen LogP contribution in [0, 0.1) is 6.92 Å². The van der Waals surface area contributed by atoms with E-state index in [2.05, 4.69) is 41.2 Å². The zero-order valence-corrected chi connectivity index (χ0v) is 11.3. The highest BCUT2D eigenvalue weighted by Gasteiger charge is 2.12. The molecule has 1 aromatic heterocycles. The average Bonchev–Trinajstić information content (AvgIpc) is 2.83. The summed E-state index contributed by atoms with van der Waals surface area (Å²) in [5.41, 5.74) is 5.21. The normalized spacial score (nSPS) is 10.6. The number of aromatic nitrogens is 2. The second kappa shape index (κ2) is 4.90. The minimum atomic E-state index is 0.412. The van der Waals surface area contributed by atoms with E-state index in [4.69, 9.17) is 11.6 Å². The summed E-state index contributed by atoms with van der Waals surface area (Å²) < 4.78 is 0. The number of hydrogen-bond acceptors (Lipinski definition) is 1. The molecule has 3 heteroatoms. The molecule has 2 nitrogen and oxygen atoms in total. The number of hydrogen-bond donors (Lipinski definition) is 1. The van der Waals surface area contributed by atoms with E-state index in [-0.39, 0.29) is 0 Å². The van der Waals surface area contributed by atoms with E-state index < -0.39 is 0 Å². The zero-order chi connectivity index (χ0) is 13.2. The average molecular weight is 269 g/mol. The van der Waals surface area contributed by atoms with Crippen LogP contribution in [0.25, 0.3) is 22.5 Å². The van der Waals surface area contributed by atoms with Gasteiger partial charge in [-0.1, -0.05) is 60.2 Å². The molecule has 0 fully saturated rings. The van der Waals surface area contributed by atoms with Crippen molar-refractivity contribution in [1.82, 2.24) is 9.97 Å². The summed E-state index contributed by atoms with van der Waals surface area (Å²) in [6, 6.07) is 18.4. The minimum Gasteiger partial charge on any atom is -0.328 e. The second-order valence-electron chi connectivity index (χ2n) is 4.48. The molecule has 3 aromatic rings. The Labute approximate surface area is 117 Å². The van der Waals surface area contributed by atoms with Crippen LogP contribution in [0.2, 0.25) is 5.28 Å². The van der Waals surface area contributed by atoms with Crippen LogP contribution in [0.1, 0.15) is 5.56 Å². The Morgan fingerprint density at radius 2 is 1.58 bits per heavy atom. The number of H-pyrrole nitrogens is 1. The molecular formula is C16H13ClN2. The number of aryl methyl sites for hydroxylation is 1. The lowest BCUT2D eigenvalue weighted by atomic mass is 10.0. The van der Waals surface area contributed by atoms with Gasteiger partial charge in [0.25, 0.3) is 0 Å². The van der Waals surface area contributed by atoms with E-state index in [9.17, 15) is 0 Å². The third-order valence-electron chi connectivity index (χ3n) is 3.06. The minimum absolute atomic E-state index is 0.412. The van der Waals surface area contributed by atoms with Gasteiger partial charge in [-0.2, -0.15) is 0 Å². The number of nitrogens with zero attached hydrogens (tertiary/aromatic N) is 1. The van der Waals surface area contributed by atoms with Crippen molar-refractivity contribution in [1.29, 1.82) is 0 Å². The number of rotatable bonds is 2. The Morgan fingerprint density at radius 3 is 2.26 bits per heavy atom. The molecule has 2 aromatic carbocycles. The molecule has 0 saturated carbocycles. The summed E-state index contributed by atoms with van der Waals surface area (Å²) >= 11 is 6.03. The van der Waals surface area contributed by atoms with Crippen LogP contribution in [-0.4, -0.2) is 9.97 Å². The summed E-state index contributed by atoms with van der Waals surface area (Å²) in [7, 11) is 0. The van der Waals surface area contributed by atoms with Crippen LogP contribution in [0.15, 0.2) is 54.6 Å². The van der Waals surface area contributed by atoms with Gasteiger partial charge >= 0.3 is 0 Å². The lowest BCUT2D eigenvalue weighted by molar-refractivity contribution is 1.31. The van der Waals surface area contributed by atoms with Gasteiger partial charge in [-0.25, -0.2) is 4.98 Å². The first-order chi connectivity index (χ1) is 9.24. The molecule has 0 aliphatic heterocycles. The molecule has 19 heavy (non-hydrogen) atoms. The van der Waals surface area contributed by atoms with Gasteiger partial charge in [-0.15, -0.1) is 0 Å². The van der Waals surface area contributed by atoms with Crippen molar-refractivity contribution in [3.63, 3.8) is 0 Å². The molecule has 94 valence electrons. The topological polar surface area (TPSA) is 28.7 Å². The number of benzene rings is 2. The fourth-order valence-corrected chi connectivity index (χ4v) is 2.26. The highest BCUT2D eigenvalue weighted by atomic mass is 35.5. The van der Waals surface area contributed by atoms with E-state index in [1.807, 2.05) is 30.3 Å². The maximum absolute atomic E-state index is 6.03. The summed E-state index contributed by atoms with van der Waals surface area (Å²) in [6.07, 6.45) is 0. The zero-order valence-electron chi connectivity index (χ0n) is 10.5. The van der Waals surface area contributed by atoms with Crippen molar-refractivity contribution in [3.05, 3.63) is 65.4 Å². The highest BCUT2D eigenvalue weighted by Crippen LogP contribution is 2.31. The van der Waals surface area contributed by atoms with Crippen molar-refractivity contribution in [2.45, 2.75) is 6.92 Å². The monoisotopic (exact) mass is 268 g/mol. The summed E-state index contributed by atoms with van der Waals surface area (Å²) in [5.74, 6) is 0. The maximum Gasteiger partial charge on any atom is 0.201 e. The van der Waals surface area contributed by atoms with Crippen molar-refractivity contribution in [2.24, 2.45) is 0 Å². The van der Waals surface area contributed by atoms with Crippen LogP contribution in [0.4, 0.5) is 0 Å². The van der Waals surface area contributed by atoms with Gasteiger partial charge in [0.1, 0.15) is 0 Å². The predicted octanol–water partition coefficient (Wildman–Crippen LogP) is 4.71. The standard InChI is InChI=1S/C16H13ClN2/c1-11-7-9-13(10-8-11)15-14(18-16(17)19-15)12-5-3-2-4-6-12/h2-10H,1H3,(H,18,19). The quantitative estimate of drug-likeness (QED) is 0.717. The molecule has 0 saturated heterocycles. The van der Waals surface area contributed by atoms with Gasteiger partial charge in [0, 0.05) is 11.1 Å². The number of halogens is 1. The molecule has 0 unspecified atom stereocenters. The number of imidazole rings is 1. The summed E-state index contributed by atoms with van der Waals surface area (Å²) in [4.78, 5) is 7.53. The van der Waals surface area contributed by atoms with E-state index in [1.165, 1.54) is 5.56 Å². The highest BCUT2D eigenvalue weighted by molar-refractivity contribution is 6.28. The molecule has 3 rings (SSSR count). The number of nitrogens with one attached hydrogen (secondary N) is 1. The second-order valence-corrected chi connectivity index (χ2v) is 4.84. The Balaban J connectivity index is 2.15. The van der Waals surface area contributed by atoms with Crippen LogP contribution in [0.3, 0.4) is 0 Å². The third-order valence-corrected chi connectivity index (χ3v) is 3.24. The van der Waals surface area contributed by atoms with Crippen molar-refractivity contribution in [3.8, 4) is 22.5 Å². The Bertz CT molecular complexity index is 685. The lowest BCUT2D eigenvalue weighted by Gasteiger charge is -2.03. The number of aromatic amines is 1. The van der Waals surface area contributed by atoms with Crippen molar-refractivity contribution >= 4 is 11.6 Å².